The number of nitrogens with one attached hydrogen (secondary N) is 2. The molecule has 0 aliphatic rings. The molecule has 0 aromatic carbocycles. The summed E-state index contributed by atoms with van der Waals surface area (Å²) in [5, 5.41) is 16.6. The first-order valence-corrected chi connectivity index (χ1v) is 6.32. The quantitative estimate of drug-likeness (QED) is 0.407. The van der Waals surface area contributed by atoms with Gasteiger partial charge in [0.25, 0.3) is 6.43 Å². The highest BCUT2D eigenvalue weighted by Crippen LogP contribution is 2.26. The molecule has 0 atom stereocenters. The van der Waals surface area contributed by atoms with Gasteiger partial charge in [-0.3, -0.25) is 10.1 Å². The number of alkyl halides is 2. The van der Waals surface area contributed by atoms with Crippen LogP contribution in [0.4, 0.5) is 26.2 Å². The van der Waals surface area contributed by atoms with E-state index in [0.29, 0.717) is 6.54 Å². The van der Waals surface area contributed by atoms with E-state index in [9.17, 15) is 18.9 Å². The fourth-order valence-electron chi connectivity index (χ4n) is 1.56. The minimum absolute atomic E-state index is 0.0128. The minimum atomic E-state index is -2.54. The van der Waals surface area contributed by atoms with Crippen LogP contribution in [0.15, 0.2) is 0 Å². The molecule has 0 amide bonds. The molecular formula is C11H17F2N5O3. The summed E-state index contributed by atoms with van der Waals surface area (Å²) >= 11 is 0. The van der Waals surface area contributed by atoms with Crippen LogP contribution in [0, 0.1) is 17.0 Å². The van der Waals surface area contributed by atoms with Gasteiger partial charge in [0.05, 0.1) is 11.5 Å². The molecule has 0 spiro atoms. The first kappa shape index (κ1) is 17.0. The zero-order valence-electron chi connectivity index (χ0n) is 11.7. The Hall–Kier alpha value is -2.10. The van der Waals surface area contributed by atoms with Crippen molar-refractivity contribution in [2.45, 2.75) is 20.3 Å². The predicted octanol–water partition coefficient (Wildman–Crippen LogP) is 1.82. The van der Waals surface area contributed by atoms with Crippen molar-refractivity contribution in [2.75, 3.05) is 36.9 Å². The molecule has 118 valence electrons. The van der Waals surface area contributed by atoms with Crippen molar-refractivity contribution in [1.82, 2.24) is 9.97 Å². The number of ether oxygens (including phenoxy) is 1. The van der Waals surface area contributed by atoms with E-state index in [0.717, 1.165) is 0 Å². The molecule has 8 nitrogen and oxygen atoms in total. The Labute approximate surface area is 120 Å². The lowest BCUT2D eigenvalue weighted by molar-refractivity contribution is -0.385. The van der Waals surface area contributed by atoms with Crippen molar-refractivity contribution < 1.29 is 18.4 Å². The van der Waals surface area contributed by atoms with E-state index in [1.54, 1.807) is 0 Å². The molecular weight excluding hydrogens is 288 g/mol. The Morgan fingerprint density at radius 1 is 1.38 bits per heavy atom. The Balaban J connectivity index is 2.75. The predicted molar refractivity (Wildman–Crippen MR) is 72.9 cm³/mol. The highest BCUT2D eigenvalue weighted by atomic mass is 19.3. The lowest BCUT2D eigenvalue weighted by atomic mass is 10.3. The van der Waals surface area contributed by atoms with Gasteiger partial charge in [-0.2, -0.15) is 4.98 Å². The molecule has 0 aliphatic heterocycles. The summed E-state index contributed by atoms with van der Waals surface area (Å²) in [5.41, 5.74) is -0.0348. The van der Waals surface area contributed by atoms with E-state index in [1.165, 1.54) is 6.92 Å². The zero-order chi connectivity index (χ0) is 15.8. The number of hydrogen-bond donors (Lipinski definition) is 2. The summed E-state index contributed by atoms with van der Waals surface area (Å²) in [4.78, 5) is 18.4. The number of rotatable bonds is 9. The van der Waals surface area contributed by atoms with Crippen LogP contribution in [-0.4, -0.2) is 47.6 Å². The number of hydrogen-bond acceptors (Lipinski definition) is 7. The van der Waals surface area contributed by atoms with Gasteiger partial charge in [0.2, 0.25) is 11.8 Å². The Morgan fingerprint density at radius 2 is 2.10 bits per heavy atom. The molecule has 0 bridgehead atoms. The third-order valence-electron chi connectivity index (χ3n) is 2.36. The molecule has 2 N–H and O–H groups in total. The minimum Gasteiger partial charge on any atom is -0.374 e. The SMILES string of the molecule is CCNc1nc(C)c([N+](=O)[O-])c(NCCOCC(F)F)n1. The summed E-state index contributed by atoms with van der Waals surface area (Å²) < 4.78 is 28.4. The van der Waals surface area contributed by atoms with Gasteiger partial charge in [0, 0.05) is 13.1 Å². The van der Waals surface area contributed by atoms with E-state index < -0.39 is 18.0 Å². The second-order valence-corrected chi connectivity index (χ2v) is 4.01. The first-order chi connectivity index (χ1) is 9.95. The molecule has 1 heterocycles. The van der Waals surface area contributed by atoms with Crippen molar-refractivity contribution in [3.63, 3.8) is 0 Å². The van der Waals surface area contributed by atoms with Gasteiger partial charge < -0.3 is 15.4 Å². The van der Waals surface area contributed by atoms with Crippen LogP contribution in [0.2, 0.25) is 0 Å². The van der Waals surface area contributed by atoms with Crippen molar-refractivity contribution in [3.8, 4) is 0 Å². The fourth-order valence-corrected chi connectivity index (χ4v) is 1.56. The topological polar surface area (TPSA) is 102 Å². The molecule has 0 saturated carbocycles. The molecule has 0 saturated heterocycles. The average Bonchev–Trinajstić information content (AvgIpc) is 2.37. The maximum Gasteiger partial charge on any atom is 0.332 e. The normalized spacial score (nSPS) is 10.7. The van der Waals surface area contributed by atoms with Gasteiger partial charge in [-0.1, -0.05) is 0 Å². The van der Waals surface area contributed by atoms with Gasteiger partial charge in [0.1, 0.15) is 12.3 Å². The number of halogens is 2. The summed E-state index contributed by atoms with van der Waals surface area (Å²) in [6.45, 7) is 3.34. The van der Waals surface area contributed by atoms with E-state index >= 15 is 0 Å². The molecule has 1 aromatic rings. The molecule has 0 aliphatic carbocycles. The van der Waals surface area contributed by atoms with Gasteiger partial charge in [0.15, 0.2) is 0 Å². The largest absolute Gasteiger partial charge is 0.374 e. The van der Waals surface area contributed by atoms with Gasteiger partial charge in [-0.15, -0.1) is 0 Å². The lowest BCUT2D eigenvalue weighted by Gasteiger charge is -2.10. The number of nitrogens with zero attached hydrogens (tertiary/aromatic N) is 3. The monoisotopic (exact) mass is 305 g/mol. The third-order valence-corrected chi connectivity index (χ3v) is 2.36. The summed E-state index contributed by atoms with van der Waals surface area (Å²) in [5.74, 6) is 0.292. The van der Waals surface area contributed by atoms with E-state index in [4.69, 9.17) is 0 Å². The van der Waals surface area contributed by atoms with Gasteiger partial charge in [-0.05, 0) is 13.8 Å². The van der Waals surface area contributed by atoms with Crippen LogP contribution in [0.3, 0.4) is 0 Å². The summed E-state index contributed by atoms with van der Waals surface area (Å²) in [7, 11) is 0. The fraction of sp³-hybridized carbons (Fsp3) is 0.636. The van der Waals surface area contributed by atoms with Crippen molar-refractivity contribution >= 4 is 17.5 Å². The van der Waals surface area contributed by atoms with Crippen molar-refractivity contribution in [1.29, 1.82) is 0 Å². The molecule has 1 rings (SSSR count). The van der Waals surface area contributed by atoms with E-state index in [2.05, 4.69) is 25.3 Å². The second kappa shape index (κ2) is 8.25. The number of aryl methyl sites for hydroxylation is 1. The van der Waals surface area contributed by atoms with Crippen LogP contribution in [0.1, 0.15) is 12.6 Å². The molecule has 10 heteroatoms. The van der Waals surface area contributed by atoms with Gasteiger partial charge in [-0.25, -0.2) is 13.8 Å². The Kier molecular flexibility index (Phi) is 6.66. The molecule has 0 fully saturated rings. The number of anilines is 2. The van der Waals surface area contributed by atoms with Gasteiger partial charge >= 0.3 is 5.69 Å². The summed E-state index contributed by atoms with van der Waals surface area (Å²) in [6.07, 6.45) is -2.54. The second-order valence-electron chi connectivity index (χ2n) is 4.01. The van der Waals surface area contributed by atoms with Crippen LogP contribution in [0.25, 0.3) is 0 Å². The highest BCUT2D eigenvalue weighted by Gasteiger charge is 2.21. The zero-order valence-corrected chi connectivity index (χ0v) is 11.7. The van der Waals surface area contributed by atoms with Crippen LogP contribution in [0.5, 0.6) is 0 Å². The number of aromatic nitrogens is 2. The van der Waals surface area contributed by atoms with E-state index in [1.807, 2.05) is 6.92 Å². The first-order valence-electron chi connectivity index (χ1n) is 6.32. The number of nitro groups is 1. The Bertz CT molecular complexity index is 487. The lowest BCUT2D eigenvalue weighted by Crippen LogP contribution is -2.16. The van der Waals surface area contributed by atoms with Crippen molar-refractivity contribution in [3.05, 3.63) is 15.8 Å². The average molecular weight is 305 g/mol. The maximum atomic E-state index is 11.9. The standard InChI is InChI=1S/C11H17F2N5O3/c1-3-14-11-16-7(2)9(18(19)20)10(17-11)15-4-5-21-6-8(12)13/h8H,3-6H2,1-2H3,(H2,14,15,16,17). The molecule has 0 radical (unpaired) electrons. The maximum absolute atomic E-state index is 11.9. The summed E-state index contributed by atoms with van der Waals surface area (Å²) in [6, 6.07) is 0. The van der Waals surface area contributed by atoms with E-state index in [-0.39, 0.29) is 36.3 Å². The van der Waals surface area contributed by atoms with Crippen LogP contribution >= 0.6 is 0 Å². The smallest absolute Gasteiger partial charge is 0.332 e. The molecule has 0 unspecified atom stereocenters. The van der Waals surface area contributed by atoms with Crippen LogP contribution < -0.4 is 10.6 Å². The van der Waals surface area contributed by atoms with Crippen molar-refractivity contribution in [2.24, 2.45) is 0 Å². The van der Waals surface area contributed by atoms with Crippen LogP contribution in [-0.2, 0) is 4.74 Å². The molecule has 1 aromatic heterocycles. The Morgan fingerprint density at radius 3 is 2.67 bits per heavy atom. The highest BCUT2D eigenvalue weighted by molar-refractivity contribution is 5.60. The molecule has 21 heavy (non-hydrogen) atoms. The third kappa shape index (κ3) is 5.42.